The normalized spacial score (nSPS) is 16.8. The maximum atomic E-state index is 13.2. The van der Waals surface area contributed by atoms with Gasteiger partial charge in [-0.2, -0.15) is 22.0 Å². The molecule has 0 amide bonds. The Balaban J connectivity index is 2.48. The monoisotopic (exact) mass is 342 g/mol. The van der Waals surface area contributed by atoms with E-state index >= 15 is 0 Å². The van der Waals surface area contributed by atoms with Crippen molar-refractivity contribution in [1.29, 1.82) is 0 Å². The van der Waals surface area contributed by atoms with E-state index < -0.39 is 44.7 Å². The van der Waals surface area contributed by atoms with Gasteiger partial charge >= 0.3 is 12.1 Å². The molecule has 0 aromatic carbocycles. The average molecular weight is 342 g/mol. The second-order valence-corrected chi connectivity index (χ2v) is 7.31. The molecule has 1 radical (unpaired) electrons. The van der Waals surface area contributed by atoms with Gasteiger partial charge in [0.05, 0.1) is 22.8 Å². The van der Waals surface area contributed by atoms with Crippen molar-refractivity contribution >= 4 is 9.84 Å². The third-order valence-corrected chi connectivity index (χ3v) is 5.09. The lowest BCUT2D eigenvalue weighted by atomic mass is 10.1. The molecule has 123 valence electrons. The van der Waals surface area contributed by atoms with Crippen molar-refractivity contribution < 1.29 is 30.4 Å². The highest BCUT2D eigenvalue weighted by Crippen LogP contribution is 2.42. The fraction of sp³-hybridized carbons (Fsp3) is 0.538. The summed E-state index contributed by atoms with van der Waals surface area (Å²) in [6.45, 7) is 1.27. The number of hydrogen-bond acceptors (Lipinski definition) is 3. The summed E-state index contributed by atoms with van der Waals surface area (Å²) in [6.07, 6.45) is -4.72. The van der Waals surface area contributed by atoms with Gasteiger partial charge in [0, 0.05) is 11.6 Å². The Morgan fingerprint density at radius 3 is 2.27 bits per heavy atom. The van der Waals surface area contributed by atoms with Crippen LogP contribution in [0.25, 0.3) is 0 Å². The molecule has 0 saturated heterocycles. The molecule has 1 saturated carbocycles. The molecule has 1 fully saturated rings. The molecule has 1 aliphatic rings. The highest BCUT2D eigenvalue weighted by atomic mass is 32.2. The van der Waals surface area contributed by atoms with Crippen molar-refractivity contribution in [2.75, 3.05) is 5.75 Å². The van der Waals surface area contributed by atoms with Gasteiger partial charge in [0.1, 0.15) is 0 Å². The van der Waals surface area contributed by atoms with E-state index in [0.717, 1.165) is 18.9 Å². The number of hydrogen-bond donors (Lipinski definition) is 0. The fourth-order valence-electron chi connectivity index (χ4n) is 1.86. The molecule has 0 spiro atoms. The van der Waals surface area contributed by atoms with Crippen LogP contribution in [0.2, 0.25) is 0 Å². The van der Waals surface area contributed by atoms with Crippen LogP contribution in [-0.2, 0) is 9.84 Å². The minimum Gasteiger partial charge on any atom is -0.256 e. The quantitative estimate of drug-likeness (QED) is 0.770. The highest BCUT2D eigenvalue weighted by Gasteiger charge is 2.58. The summed E-state index contributed by atoms with van der Waals surface area (Å²) in [5.41, 5.74) is -0.507. The van der Waals surface area contributed by atoms with Crippen molar-refractivity contribution in [3.8, 4) is 0 Å². The molecule has 0 unspecified atom stereocenters. The molecule has 1 aromatic rings. The zero-order valence-corrected chi connectivity index (χ0v) is 12.3. The number of pyridine rings is 1. The van der Waals surface area contributed by atoms with E-state index in [1.807, 2.05) is 0 Å². The summed E-state index contributed by atoms with van der Waals surface area (Å²) in [6, 6.07) is 2.42. The Morgan fingerprint density at radius 2 is 1.82 bits per heavy atom. The summed E-state index contributed by atoms with van der Waals surface area (Å²) < 4.78 is 87.2. The van der Waals surface area contributed by atoms with Crippen LogP contribution < -0.4 is 0 Å². The molecule has 1 aliphatic carbocycles. The highest BCUT2D eigenvalue weighted by molar-refractivity contribution is 7.91. The van der Waals surface area contributed by atoms with Gasteiger partial charge in [-0.25, -0.2) is 8.42 Å². The van der Waals surface area contributed by atoms with Gasteiger partial charge in [0.25, 0.3) is 0 Å². The van der Waals surface area contributed by atoms with Gasteiger partial charge in [0.15, 0.2) is 9.84 Å². The molecule has 9 heteroatoms. The molecule has 3 nitrogen and oxygen atoms in total. The van der Waals surface area contributed by atoms with Gasteiger partial charge in [0.2, 0.25) is 0 Å². The molecular formula is C13H13F5NO2S. The van der Waals surface area contributed by atoms with Crippen LogP contribution in [0.15, 0.2) is 17.0 Å². The van der Waals surface area contributed by atoms with E-state index in [1.165, 1.54) is 13.0 Å². The van der Waals surface area contributed by atoms with Crippen LogP contribution in [0.5, 0.6) is 0 Å². The van der Waals surface area contributed by atoms with Crippen LogP contribution in [0.3, 0.4) is 0 Å². The maximum absolute atomic E-state index is 13.2. The van der Waals surface area contributed by atoms with E-state index in [4.69, 9.17) is 0 Å². The fourth-order valence-corrected chi connectivity index (χ4v) is 2.87. The Bertz CT molecular complexity index is 665. The van der Waals surface area contributed by atoms with Gasteiger partial charge in [-0.1, -0.05) is 6.92 Å². The van der Waals surface area contributed by atoms with Crippen molar-refractivity contribution in [1.82, 2.24) is 4.98 Å². The van der Waals surface area contributed by atoms with Crippen LogP contribution in [0, 0.1) is 6.42 Å². The standard InChI is InChI=1S/C13H13F5NO2S/c1-2-22(20,21)11-6-5-9(8-3-4-8)19-10(11)7-12(14,15)13(16,17)18/h5-8H,2-4H2,1H3. The van der Waals surface area contributed by atoms with Crippen LogP contribution >= 0.6 is 0 Å². The molecule has 1 heterocycles. The van der Waals surface area contributed by atoms with Crippen molar-refractivity contribution in [2.24, 2.45) is 0 Å². The second kappa shape index (κ2) is 5.43. The molecular weight excluding hydrogens is 329 g/mol. The molecule has 2 rings (SSSR count). The first-order valence-corrected chi connectivity index (χ1v) is 8.17. The molecule has 0 aliphatic heterocycles. The van der Waals surface area contributed by atoms with Crippen molar-refractivity contribution in [2.45, 2.75) is 42.7 Å². The number of alkyl halides is 5. The summed E-state index contributed by atoms with van der Waals surface area (Å²) in [4.78, 5) is 3.12. The van der Waals surface area contributed by atoms with E-state index in [1.54, 1.807) is 0 Å². The third-order valence-electron chi connectivity index (χ3n) is 3.31. The lowest BCUT2D eigenvalue weighted by Gasteiger charge is -2.20. The van der Waals surface area contributed by atoms with Crippen LogP contribution in [-0.4, -0.2) is 31.3 Å². The predicted molar refractivity (Wildman–Crippen MR) is 68.3 cm³/mol. The third kappa shape index (κ3) is 3.39. The lowest BCUT2D eigenvalue weighted by molar-refractivity contribution is -0.265. The first-order valence-electron chi connectivity index (χ1n) is 6.52. The average Bonchev–Trinajstić information content (AvgIpc) is 3.20. The number of nitrogens with zero attached hydrogens (tertiary/aromatic N) is 1. The topological polar surface area (TPSA) is 47.0 Å². The minimum absolute atomic E-state index is 0.00922. The lowest BCUT2D eigenvalue weighted by Crippen LogP contribution is -2.37. The SMILES string of the molecule is CCS(=O)(=O)c1ccc(C2CC2)nc1[CH]C(F)(F)C(F)(F)F. The minimum atomic E-state index is -5.81. The smallest absolute Gasteiger partial charge is 0.256 e. The van der Waals surface area contributed by atoms with Gasteiger partial charge < -0.3 is 0 Å². The van der Waals surface area contributed by atoms with Gasteiger partial charge in [-0.05, 0) is 25.0 Å². The summed E-state index contributed by atoms with van der Waals surface area (Å²) in [5.74, 6) is -5.58. The molecule has 22 heavy (non-hydrogen) atoms. The van der Waals surface area contributed by atoms with E-state index in [0.29, 0.717) is 5.69 Å². The largest absolute Gasteiger partial charge is 0.454 e. The summed E-state index contributed by atoms with van der Waals surface area (Å²) in [7, 11) is -3.96. The van der Waals surface area contributed by atoms with Crippen molar-refractivity contribution in [3.63, 3.8) is 0 Å². The number of rotatable bonds is 5. The first-order chi connectivity index (χ1) is 9.98. The molecule has 0 atom stereocenters. The number of halogens is 5. The Labute approximate surface area is 124 Å². The number of aromatic nitrogens is 1. The second-order valence-electron chi connectivity index (χ2n) is 5.06. The number of sulfone groups is 1. The van der Waals surface area contributed by atoms with Gasteiger partial charge in [-0.15, -0.1) is 0 Å². The summed E-state index contributed by atoms with van der Waals surface area (Å²) in [5, 5.41) is 0. The Hall–Kier alpha value is -1.25. The van der Waals surface area contributed by atoms with E-state index in [9.17, 15) is 30.4 Å². The van der Waals surface area contributed by atoms with Gasteiger partial charge in [-0.3, -0.25) is 4.98 Å². The van der Waals surface area contributed by atoms with E-state index in [-0.39, 0.29) is 5.92 Å². The first kappa shape index (κ1) is 17.1. The Morgan fingerprint density at radius 1 is 1.23 bits per heavy atom. The maximum Gasteiger partial charge on any atom is 0.454 e. The molecule has 0 bridgehead atoms. The molecule has 0 N–H and O–H groups in total. The van der Waals surface area contributed by atoms with Crippen LogP contribution in [0.4, 0.5) is 22.0 Å². The predicted octanol–water partition coefficient (Wildman–Crippen LogP) is 3.50. The van der Waals surface area contributed by atoms with Crippen LogP contribution in [0.1, 0.15) is 37.1 Å². The zero-order chi connectivity index (χ0) is 16.8. The summed E-state index contributed by atoms with van der Waals surface area (Å²) >= 11 is 0. The van der Waals surface area contributed by atoms with Crippen molar-refractivity contribution in [3.05, 3.63) is 29.9 Å². The van der Waals surface area contributed by atoms with E-state index in [2.05, 4.69) is 4.98 Å². The Kier molecular flexibility index (Phi) is 4.23. The zero-order valence-electron chi connectivity index (χ0n) is 11.5. The molecule has 1 aromatic heterocycles.